The second-order valence-electron chi connectivity index (χ2n) is 17.2. The molecule has 6 aromatic carbocycles. The van der Waals surface area contributed by atoms with E-state index < -0.39 is 0 Å². The lowest BCUT2D eigenvalue weighted by molar-refractivity contribution is -0.0399. The van der Waals surface area contributed by atoms with Gasteiger partial charge in [0.1, 0.15) is 0 Å². The van der Waals surface area contributed by atoms with E-state index in [9.17, 15) is 0 Å². The molecule has 0 aliphatic heterocycles. The molecule has 13 rings (SSSR count). The van der Waals surface area contributed by atoms with E-state index in [4.69, 9.17) is 0 Å². The summed E-state index contributed by atoms with van der Waals surface area (Å²) in [6, 6.07) is 49.9. The van der Waals surface area contributed by atoms with E-state index >= 15 is 0 Å². The van der Waals surface area contributed by atoms with Crippen molar-refractivity contribution in [3.63, 3.8) is 0 Å². The molecule has 6 aromatic rings. The zero-order valence-corrected chi connectivity index (χ0v) is 29.5. The Kier molecular flexibility index (Phi) is 5.96. The van der Waals surface area contributed by atoms with Crippen molar-refractivity contribution in [1.29, 1.82) is 0 Å². The van der Waals surface area contributed by atoms with Crippen molar-refractivity contribution in [3.8, 4) is 22.3 Å². The van der Waals surface area contributed by atoms with Crippen LogP contribution in [0.4, 0.5) is 17.1 Å². The summed E-state index contributed by atoms with van der Waals surface area (Å²) in [5, 5.41) is 2.59. The van der Waals surface area contributed by atoms with Crippen molar-refractivity contribution < 1.29 is 0 Å². The van der Waals surface area contributed by atoms with Crippen LogP contribution in [0.3, 0.4) is 0 Å². The molecule has 0 amide bonds. The third kappa shape index (κ3) is 3.78. The Morgan fingerprint density at radius 3 is 1.88 bits per heavy atom. The average molecular weight is 660 g/mol. The molecule has 5 saturated carbocycles. The molecular weight excluding hydrogens is 615 g/mol. The van der Waals surface area contributed by atoms with Gasteiger partial charge in [-0.1, -0.05) is 116 Å². The Bertz CT molecular complexity index is 2360. The van der Waals surface area contributed by atoms with Crippen LogP contribution in [0.25, 0.3) is 33.0 Å². The standard InChI is InChI=1S/C50H45N/c1-8-23-49(24-9-1)43-15-6-4-13-40(43)41-22-21-39(31-46(41)49)51(38-20-19-34-11-2-3-12-35(34)30-38)47-18-10-17-45-48(47)42-14-5-7-16-44(42)50(45)36-26-32-25-33(28-36)29-37(50)27-32/h2-7,10-22,30-33,36-37H,1,8-9,23-29H2. The summed E-state index contributed by atoms with van der Waals surface area (Å²) in [7, 11) is 0. The maximum Gasteiger partial charge on any atom is 0.0543 e. The lowest BCUT2D eigenvalue weighted by atomic mass is 9.43. The van der Waals surface area contributed by atoms with Crippen molar-refractivity contribution in [2.24, 2.45) is 23.7 Å². The number of hydrogen-bond acceptors (Lipinski definition) is 1. The molecule has 250 valence electrons. The molecule has 0 heterocycles. The van der Waals surface area contributed by atoms with Crippen molar-refractivity contribution in [3.05, 3.63) is 150 Å². The van der Waals surface area contributed by atoms with E-state index in [1.807, 2.05) is 0 Å². The fraction of sp³-hybridized carbons (Fsp3) is 0.320. The monoisotopic (exact) mass is 659 g/mol. The van der Waals surface area contributed by atoms with Crippen LogP contribution >= 0.6 is 0 Å². The second-order valence-corrected chi connectivity index (χ2v) is 17.2. The first-order chi connectivity index (χ1) is 25.2. The molecule has 7 aliphatic carbocycles. The highest BCUT2D eigenvalue weighted by Gasteiger charge is 2.62. The first-order valence-corrected chi connectivity index (χ1v) is 20.0. The number of hydrogen-bond donors (Lipinski definition) is 0. The van der Waals surface area contributed by atoms with Crippen LogP contribution < -0.4 is 4.90 Å². The number of benzene rings is 6. The Labute approximate surface area is 302 Å². The van der Waals surface area contributed by atoms with Crippen LogP contribution in [0.5, 0.6) is 0 Å². The van der Waals surface area contributed by atoms with Gasteiger partial charge in [0, 0.05) is 27.8 Å². The van der Waals surface area contributed by atoms with Gasteiger partial charge in [-0.25, -0.2) is 0 Å². The summed E-state index contributed by atoms with van der Waals surface area (Å²) in [4.78, 5) is 2.65. The Morgan fingerprint density at radius 1 is 0.451 bits per heavy atom. The molecule has 5 fully saturated rings. The number of anilines is 3. The molecule has 7 aliphatic rings. The number of nitrogens with zero attached hydrogens (tertiary/aromatic N) is 1. The highest BCUT2D eigenvalue weighted by Crippen LogP contribution is 2.70. The predicted octanol–water partition coefficient (Wildman–Crippen LogP) is 13.3. The van der Waals surface area contributed by atoms with Crippen LogP contribution in [0.1, 0.15) is 86.5 Å². The van der Waals surface area contributed by atoms with Crippen LogP contribution in [0.15, 0.2) is 127 Å². The van der Waals surface area contributed by atoms with Gasteiger partial charge in [-0.15, -0.1) is 0 Å². The molecule has 1 nitrogen and oxygen atoms in total. The Hall–Kier alpha value is -4.62. The normalized spacial score (nSPS) is 27.1. The smallest absolute Gasteiger partial charge is 0.0543 e. The van der Waals surface area contributed by atoms with E-state index in [1.54, 1.807) is 22.3 Å². The molecule has 0 radical (unpaired) electrons. The predicted molar refractivity (Wildman–Crippen MR) is 211 cm³/mol. The molecule has 0 N–H and O–H groups in total. The van der Waals surface area contributed by atoms with E-state index in [0.29, 0.717) is 0 Å². The summed E-state index contributed by atoms with van der Waals surface area (Å²) in [6.45, 7) is 0. The Balaban J connectivity index is 1.11. The van der Waals surface area contributed by atoms with Crippen LogP contribution in [0.2, 0.25) is 0 Å². The highest BCUT2D eigenvalue weighted by molar-refractivity contribution is 5.98. The molecule has 1 heteroatoms. The minimum atomic E-state index is 0.116. The molecular formula is C50H45N. The van der Waals surface area contributed by atoms with E-state index in [2.05, 4.69) is 132 Å². The second kappa shape index (κ2) is 10.5. The van der Waals surface area contributed by atoms with Gasteiger partial charge in [0.05, 0.1) is 5.69 Å². The molecule has 0 atom stereocenters. The van der Waals surface area contributed by atoms with Crippen LogP contribution in [-0.2, 0) is 10.8 Å². The summed E-state index contributed by atoms with van der Waals surface area (Å²) >= 11 is 0. The summed E-state index contributed by atoms with van der Waals surface area (Å²) < 4.78 is 0. The quantitative estimate of drug-likeness (QED) is 0.183. The van der Waals surface area contributed by atoms with Gasteiger partial charge < -0.3 is 4.90 Å². The molecule has 2 spiro atoms. The molecule has 0 saturated heterocycles. The largest absolute Gasteiger partial charge is 0.310 e. The fourth-order valence-electron chi connectivity index (χ4n) is 13.4. The average Bonchev–Trinajstić information content (AvgIpc) is 3.62. The number of fused-ring (bicyclic) bond motifs is 9. The summed E-state index contributed by atoms with van der Waals surface area (Å²) in [5.41, 5.74) is 16.4. The molecule has 0 unspecified atom stereocenters. The fourth-order valence-corrected chi connectivity index (χ4v) is 13.4. The summed E-state index contributed by atoms with van der Waals surface area (Å²) in [5.74, 6) is 3.39. The van der Waals surface area contributed by atoms with Crippen molar-refractivity contribution >= 4 is 27.8 Å². The maximum atomic E-state index is 2.65. The van der Waals surface area contributed by atoms with Gasteiger partial charge >= 0.3 is 0 Å². The third-order valence-corrected chi connectivity index (χ3v) is 15.0. The van der Waals surface area contributed by atoms with E-state index in [1.165, 1.54) is 114 Å². The van der Waals surface area contributed by atoms with Crippen molar-refractivity contribution in [1.82, 2.24) is 0 Å². The van der Waals surface area contributed by atoms with E-state index in [0.717, 1.165) is 23.7 Å². The van der Waals surface area contributed by atoms with E-state index in [-0.39, 0.29) is 10.8 Å². The molecule has 0 aromatic heterocycles. The van der Waals surface area contributed by atoms with Crippen molar-refractivity contribution in [2.45, 2.75) is 75.0 Å². The van der Waals surface area contributed by atoms with Crippen LogP contribution in [0, 0.1) is 23.7 Å². The van der Waals surface area contributed by atoms with Gasteiger partial charge in [-0.3, -0.25) is 0 Å². The zero-order chi connectivity index (χ0) is 33.3. The minimum absolute atomic E-state index is 0.116. The Morgan fingerprint density at radius 2 is 1.08 bits per heavy atom. The third-order valence-electron chi connectivity index (χ3n) is 15.0. The molecule has 51 heavy (non-hydrogen) atoms. The van der Waals surface area contributed by atoms with Gasteiger partial charge in [-0.05, 0) is 149 Å². The highest BCUT2D eigenvalue weighted by atomic mass is 15.1. The van der Waals surface area contributed by atoms with Gasteiger partial charge in [0.25, 0.3) is 0 Å². The van der Waals surface area contributed by atoms with Crippen LogP contribution in [-0.4, -0.2) is 0 Å². The lowest BCUT2D eigenvalue weighted by Gasteiger charge is -2.61. The van der Waals surface area contributed by atoms with Gasteiger partial charge in [0.2, 0.25) is 0 Å². The zero-order valence-electron chi connectivity index (χ0n) is 29.5. The first-order valence-electron chi connectivity index (χ1n) is 20.0. The minimum Gasteiger partial charge on any atom is -0.310 e. The van der Waals surface area contributed by atoms with Gasteiger partial charge in [-0.2, -0.15) is 0 Å². The SMILES string of the molecule is c1ccc2c(c1)-c1ccc(N(c3ccc4ccccc4c3)c3cccc4c3-c3ccccc3C43C4CC5CC(C4)CC3C5)cc1C21CCCCC1. The topological polar surface area (TPSA) is 3.24 Å². The summed E-state index contributed by atoms with van der Waals surface area (Å²) in [6.07, 6.45) is 13.6. The molecule has 4 bridgehead atoms. The number of rotatable bonds is 3. The maximum absolute atomic E-state index is 2.65. The van der Waals surface area contributed by atoms with Crippen molar-refractivity contribution in [2.75, 3.05) is 4.90 Å². The first kappa shape index (κ1) is 29.0. The van der Waals surface area contributed by atoms with Gasteiger partial charge in [0.15, 0.2) is 0 Å². The lowest BCUT2D eigenvalue weighted by Crippen LogP contribution is -2.55.